The van der Waals surface area contributed by atoms with Crippen molar-refractivity contribution in [2.24, 2.45) is 0 Å². The monoisotopic (exact) mass is 423 g/mol. The second kappa shape index (κ2) is 7.32. The summed E-state index contributed by atoms with van der Waals surface area (Å²) < 4.78 is 79.8. The first-order chi connectivity index (χ1) is 14.2. The van der Waals surface area contributed by atoms with E-state index in [0.29, 0.717) is 0 Å². The highest BCUT2D eigenvalue weighted by Crippen LogP contribution is 2.32. The van der Waals surface area contributed by atoms with Gasteiger partial charge in [-0.3, -0.25) is 4.40 Å². The highest BCUT2D eigenvalue weighted by molar-refractivity contribution is 5.67. The van der Waals surface area contributed by atoms with Crippen molar-refractivity contribution in [2.45, 2.75) is 12.6 Å². The first-order valence-corrected chi connectivity index (χ1v) is 8.46. The molecule has 0 aliphatic rings. The molecule has 154 valence electrons. The van der Waals surface area contributed by atoms with Gasteiger partial charge in [0.1, 0.15) is 34.4 Å². The van der Waals surface area contributed by atoms with Gasteiger partial charge in [-0.2, -0.15) is 13.2 Å². The van der Waals surface area contributed by atoms with Crippen molar-refractivity contribution in [1.29, 1.82) is 0 Å². The number of alkyl halides is 5. The number of nitrogens with one attached hydrogen (secondary N) is 1. The van der Waals surface area contributed by atoms with Crippen LogP contribution in [-0.2, 0) is 6.18 Å². The van der Waals surface area contributed by atoms with Crippen LogP contribution in [0.3, 0.4) is 0 Å². The van der Waals surface area contributed by atoms with Crippen LogP contribution in [0.15, 0.2) is 54.9 Å². The van der Waals surface area contributed by atoms with Crippen LogP contribution in [0.25, 0.3) is 17.0 Å². The van der Waals surface area contributed by atoms with Gasteiger partial charge in [-0.25, -0.2) is 28.1 Å². The summed E-state index contributed by atoms with van der Waals surface area (Å²) in [4.78, 5) is 11.4. The molecule has 4 rings (SSSR count). The maximum Gasteiger partial charge on any atom is 0.433 e. The number of imidazole rings is 1. The van der Waals surface area contributed by atoms with Crippen molar-refractivity contribution in [3.63, 3.8) is 0 Å². The lowest BCUT2D eigenvalue weighted by atomic mass is 10.2. The summed E-state index contributed by atoms with van der Waals surface area (Å²) in [5.41, 5.74) is -1.30. The Bertz CT molecular complexity index is 1200. The number of hydrogen-bond donors (Lipinski definition) is 1. The van der Waals surface area contributed by atoms with Crippen LogP contribution in [0.5, 0.6) is 0 Å². The fourth-order valence-corrected chi connectivity index (χ4v) is 2.86. The first-order valence-electron chi connectivity index (χ1n) is 8.46. The summed E-state index contributed by atoms with van der Waals surface area (Å²) >= 11 is 0. The van der Waals surface area contributed by atoms with Crippen molar-refractivity contribution in [3.05, 3.63) is 72.1 Å². The molecule has 0 aromatic carbocycles. The zero-order valence-electron chi connectivity index (χ0n) is 14.8. The van der Waals surface area contributed by atoms with E-state index in [1.807, 2.05) is 0 Å². The average molecular weight is 423 g/mol. The zero-order valence-corrected chi connectivity index (χ0v) is 14.8. The molecule has 0 fully saturated rings. The highest BCUT2D eigenvalue weighted by atomic mass is 19.4. The van der Waals surface area contributed by atoms with Crippen LogP contribution in [0.4, 0.5) is 37.8 Å². The molecular formula is C19H11F6N5. The maximum absolute atomic E-state index is 13.7. The molecule has 5 nitrogen and oxygen atoms in total. The van der Waals surface area contributed by atoms with E-state index in [0.717, 1.165) is 24.5 Å². The van der Waals surface area contributed by atoms with Crippen LogP contribution in [-0.4, -0.2) is 19.4 Å². The summed E-state index contributed by atoms with van der Waals surface area (Å²) in [5.74, 6) is -0.479. The summed E-state index contributed by atoms with van der Waals surface area (Å²) in [6.45, 7) is 0. The zero-order chi connectivity index (χ0) is 21.5. The van der Waals surface area contributed by atoms with Crippen LogP contribution in [0.1, 0.15) is 17.8 Å². The quantitative estimate of drug-likeness (QED) is 0.432. The van der Waals surface area contributed by atoms with Crippen molar-refractivity contribution >= 4 is 17.2 Å². The minimum absolute atomic E-state index is 0.0771. The standard InChI is InChI=1S/C19H11F6N5/c20-10-4-7-15-29-16(18(21)22)17(30(15)9-10)12-2-1-3-14(28-12)27-11-5-6-13(26-8-11)19(23,24)25/h1-9,18H,(H,27,28). The summed E-state index contributed by atoms with van der Waals surface area (Å²) in [7, 11) is 0. The second-order valence-electron chi connectivity index (χ2n) is 6.18. The smallest absolute Gasteiger partial charge is 0.339 e. The molecule has 0 aliphatic carbocycles. The number of nitrogens with zero attached hydrogens (tertiary/aromatic N) is 4. The Morgan fingerprint density at radius 3 is 2.43 bits per heavy atom. The molecule has 0 radical (unpaired) electrons. The number of pyridine rings is 3. The first kappa shape index (κ1) is 19.7. The molecule has 0 spiro atoms. The summed E-state index contributed by atoms with van der Waals surface area (Å²) in [6.07, 6.45) is -5.50. The number of aromatic nitrogens is 4. The number of rotatable bonds is 4. The third-order valence-corrected chi connectivity index (χ3v) is 4.13. The van der Waals surface area contributed by atoms with Gasteiger partial charge in [0.05, 0.1) is 17.6 Å². The molecule has 4 heterocycles. The van der Waals surface area contributed by atoms with E-state index in [-0.39, 0.29) is 28.5 Å². The van der Waals surface area contributed by atoms with Crippen molar-refractivity contribution < 1.29 is 26.3 Å². The number of anilines is 2. The lowest BCUT2D eigenvalue weighted by molar-refractivity contribution is -0.141. The second-order valence-corrected chi connectivity index (χ2v) is 6.18. The largest absolute Gasteiger partial charge is 0.433 e. The Labute approximate surface area is 165 Å². The Morgan fingerprint density at radius 2 is 1.77 bits per heavy atom. The molecule has 0 unspecified atom stereocenters. The highest BCUT2D eigenvalue weighted by Gasteiger charge is 2.32. The van der Waals surface area contributed by atoms with Gasteiger partial charge in [-0.1, -0.05) is 6.07 Å². The minimum atomic E-state index is -4.57. The fraction of sp³-hybridized carbons (Fsp3) is 0.105. The van der Waals surface area contributed by atoms with Gasteiger partial charge in [0.15, 0.2) is 0 Å². The lowest BCUT2D eigenvalue weighted by Crippen LogP contribution is -2.07. The molecule has 4 aromatic rings. The van der Waals surface area contributed by atoms with Gasteiger partial charge in [0, 0.05) is 6.20 Å². The van der Waals surface area contributed by atoms with Gasteiger partial charge in [-0.15, -0.1) is 0 Å². The molecule has 4 aromatic heterocycles. The Morgan fingerprint density at radius 1 is 0.967 bits per heavy atom. The van der Waals surface area contributed by atoms with Crippen molar-refractivity contribution in [2.75, 3.05) is 5.32 Å². The molecule has 0 saturated carbocycles. The molecule has 0 amide bonds. The fourth-order valence-electron chi connectivity index (χ4n) is 2.86. The van der Waals surface area contributed by atoms with E-state index in [9.17, 15) is 26.3 Å². The third kappa shape index (κ3) is 3.78. The molecule has 1 N–H and O–H groups in total. The minimum Gasteiger partial charge on any atom is -0.339 e. The Balaban J connectivity index is 1.72. The summed E-state index contributed by atoms with van der Waals surface area (Å²) in [5, 5.41) is 2.76. The predicted molar refractivity (Wildman–Crippen MR) is 95.9 cm³/mol. The Kier molecular flexibility index (Phi) is 4.80. The SMILES string of the molecule is Fc1ccc2nc(C(F)F)c(-c3cccc(Nc4ccc(C(F)(F)F)nc4)n3)n2c1. The van der Waals surface area contributed by atoms with Gasteiger partial charge in [-0.05, 0) is 36.4 Å². The van der Waals surface area contributed by atoms with E-state index in [2.05, 4.69) is 20.3 Å². The normalized spacial score (nSPS) is 12.0. The van der Waals surface area contributed by atoms with Crippen LogP contribution in [0.2, 0.25) is 0 Å². The molecule has 11 heteroatoms. The van der Waals surface area contributed by atoms with E-state index in [1.54, 1.807) is 0 Å². The Hall–Kier alpha value is -3.63. The van der Waals surface area contributed by atoms with Crippen LogP contribution in [0, 0.1) is 5.82 Å². The van der Waals surface area contributed by atoms with Gasteiger partial charge in [0.2, 0.25) is 0 Å². The predicted octanol–water partition coefficient (Wildman–Crippen LogP) is 5.63. The number of hydrogen-bond acceptors (Lipinski definition) is 4. The van der Waals surface area contributed by atoms with Crippen LogP contribution < -0.4 is 5.32 Å². The topological polar surface area (TPSA) is 55.1 Å². The summed E-state index contributed by atoms with van der Waals surface area (Å²) in [6, 6.07) is 8.78. The molecule has 0 bridgehead atoms. The molecular weight excluding hydrogens is 412 g/mol. The van der Waals surface area contributed by atoms with Gasteiger partial charge >= 0.3 is 6.18 Å². The van der Waals surface area contributed by atoms with E-state index < -0.39 is 29.8 Å². The van der Waals surface area contributed by atoms with E-state index >= 15 is 0 Å². The number of halogens is 6. The van der Waals surface area contributed by atoms with E-state index in [4.69, 9.17) is 0 Å². The van der Waals surface area contributed by atoms with Crippen LogP contribution >= 0.6 is 0 Å². The maximum atomic E-state index is 13.7. The third-order valence-electron chi connectivity index (χ3n) is 4.13. The molecule has 0 aliphatic heterocycles. The molecule has 30 heavy (non-hydrogen) atoms. The average Bonchev–Trinajstić information content (AvgIpc) is 3.07. The van der Waals surface area contributed by atoms with Gasteiger partial charge in [0.25, 0.3) is 6.43 Å². The van der Waals surface area contributed by atoms with Crippen molar-refractivity contribution in [3.8, 4) is 11.4 Å². The lowest BCUT2D eigenvalue weighted by Gasteiger charge is -2.10. The molecule has 0 atom stereocenters. The number of fused-ring (bicyclic) bond motifs is 1. The van der Waals surface area contributed by atoms with Gasteiger partial charge < -0.3 is 5.32 Å². The van der Waals surface area contributed by atoms with Crippen molar-refractivity contribution in [1.82, 2.24) is 19.4 Å². The van der Waals surface area contributed by atoms with E-state index in [1.165, 1.54) is 34.7 Å². The molecule has 0 saturated heterocycles.